The average Bonchev–Trinajstić information content (AvgIpc) is 1.65. The predicted molar refractivity (Wildman–Crippen MR) is 43.1 cm³/mol. The van der Waals surface area contributed by atoms with Crippen molar-refractivity contribution in [2.45, 2.75) is 35.1 Å². The zero-order chi connectivity index (χ0) is 4.99. The number of hydrogen-bond donors (Lipinski definition) is 0. The maximum Gasteiger partial charge on any atom is -0.0267 e. The van der Waals surface area contributed by atoms with Crippen molar-refractivity contribution in [3.05, 3.63) is 12.7 Å². The van der Waals surface area contributed by atoms with E-state index in [1.165, 1.54) is 6.42 Å². The molecule has 0 aromatic carbocycles. The first kappa shape index (κ1) is 15.6. The van der Waals surface area contributed by atoms with Crippen LogP contribution < -0.4 is 0 Å². The van der Waals surface area contributed by atoms with Crippen LogP contribution in [0.2, 0.25) is 0 Å². The van der Waals surface area contributed by atoms with Crippen molar-refractivity contribution in [1.82, 2.24) is 0 Å². The van der Waals surface area contributed by atoms with Gasteiger partial charge in [-0.25, -0.2) is 0 Å². The Morgan fingerprint density at radius 1 is 1.50 bits per heavy atom. The molecule has 1 unspecified atom stereocenters. The lowest BCUT2D eigenvalue weighted by molar-refractivity contribution is 0.700. The summed E-state index contributed by atoms with van der Waals surface area (Å²) in [5.41, 5.74) is 0. The summed E-state index contributed by atoms with van der Waals surface area (Å²) in [5.74, 6) is 0.699. The predicted octanol–water partition coefficient (Wildman–Crippen LogP) is 3.49. The Labute approximate surface area is 54.6 Å². The molecule has 8 heavy (non-hydrogen) atoms. The van der Waals surface area contributed by atoms with E-state index in [9.17, 15) is 0 Å². The van der Waals surface area contributed by atoms with Crippen LogP contribution in [0.5, 0.6) is 0 Å². The van der Waals surface area contributed by atoms with Crippen LogP contribution in [0.4, 0.5) is 0 Å². The van der Waals surface area contributed by atoms with Gasteiger partial charge in [0.25, 0.3) is 0 Å². The van der Waals surface area contributed by atoms with Crippen molar-refractivity contribution in [1.29, 1.82) is 0 Å². The summed E-state index contributed by atoms with van der Waals surface area (Å²) in [6, 6.07) is 0. The molecule has 52 valence electrons. The molecule has 0 heterocycles. The van der Waals surface area contributed by atoms with Gasteiger partial charge in [-0.1, -0.05) is 41.2 Å². The Morgan fingerprint density at radius 3 is 1.88 bits per heavy atom. The number of rotatable bonds is 2. The fourth-order valence-electron chi connectivity index (χ4n) is 0.167. The molecular weight excluding hydrogens is 96.1 g/mol. The zero-order valence-corrected chi connectivity index (χ0v) is 4.57. The Balaban J connectivity index is -0.000000125. The monoisotopic (exact) mass is 116 g/mol. The second-order valence-corrected chi connectivity index (χ2v) is 1.62. The summed E-state index contributed by atoms with van der Waals surface area (Å²) in [7, 11) is 0. The van der Waals surface area contributed by atoms with E-state index in [2.05, 4.69) is 20.4 Å². The van der Waals surface area contributed by atoms with Crippen molar-refractivity contribution < 1.29 is 0 Å². The van der Waals surface area contributed by atoms with E-state index >= 15 is 0 Å². The van der Waals surface area contributed by atoms with Gasteiger partial charge < -0.3 is 0 Å². The molecule has 0 amide bonds. The molecule has 0 saturated heterocycles. The highest BCUT2D eigenvalue weighted by Gasteiger charge is 1.84. The molecule has 0 N–H and O–H groups in total. The fourth-order valence-corrected chi connectivity index (χ4v) is 0.167. The van der Waals surface area contributed by atoms with Gasteiger partial charge in [0.1, 0.15) is 0 Å². The lowest BCUT2D eigenvalue weighted by Crippen LogP contribution is -1.80. The average molecular weight is 116 g/mol. The fraction of sp³-hybridized carbons (Fsp3) is 0.750. The van der Waals surface area contributed by atoms with Crippen LogP contribution in [0.3, 0.4) is 0 Å². The molecule has 0 nitrogen and oxygen atoms in total. The molecule has 0 aliphatic carbocycles. The Kier molecular flexibility index (Phi) is 19.3. The summed E-state index contributed by atoms with van der Waals surface area (Å²) in [6.45, 7) is 7.95. The molecule has 0 aromatic rings. The molecule has 0 bridgehead atoms. The van der Waals surface area contributed by atoms with Gasteiger partial charge in [-0.3, -0.25) is 0 Å². The van der Waals surface area contributed by atoms with Gasteiger partial charge in [-0.05, 0) is 5.92 Å². The van der Waals surface area contributed by atoms with E-state index in [-0.39, 0.29) is 14.9 Å². The summed E-state index contributed by atoms with van der Waals surface area (Å²) >= 11 is 0. The van der Waals surface area contributed by atoms with Crippen molar-refractivity contribution in [3.63, 3.8) is 0 Å². The lowest BCUT2D eigenvalue weighted by Gasteiger charge is -1.93. The summed E-state index contributed by atoms with van der Waals surface area (Å²) in [6.07, 6.45) is 3.18. The van der Waals surface area contributed by atoms with Crippen LogP contribution in [0.15, 0.2) is 12.7 Å². The van der Waals surface area contributed by atoms with Gasteiger partial charge >= 0.3 is 0 Å². The molecule has 0 heteroatoms. The third kappa shape index (κ3) is 9.22. The molecule has 0 saturated carbocycles. The van der Waals surface area contributed by atoms with Gasteiger partial charge in [0.15, 0.2) is 0 Å². The molecule has 0 rings (SSSR count). The highest BCUT2D eigenvalue weighted by molar-refractivity contribution is 4.72. The van der Waals surface area contributed by atoms with E-state index in [0.29, 0.717) is 5.92 Å². The standard InChI is InChI=1S/C6H12.2CH4/c1-4-6(3)5-2;;/h4,6H,1,5H2,2-3H3;2*1H4. The molecule has 0 fully saturated rings. The van der Waals surface area contributed by atoms with Crippen LogP contribution >= 0.6 is 0 Å². The van der Waals surface area contributed by atoms with Crippen LogP contribution in [0.25, 0.3) is 0 Å². The number of hydrogen-bond acceptors (Lipinski definition) is 0. The lowest BCUT2D eigenvalue weighted by atomic mass is 10.1. The van der Waals surface area contributed by atoms with Gasteiger partial charge in [-0.15, -0.1) is 6.58 Å². The first-order chi connectivity index (χ1) is 2.81. The van der Waals surface area contributed by atoms with Crippen LogP contribution in [0, 0.1) is 5.92 Å². The van der Waals surface area contributed by atoms with Crippen molar-refractivity contribution >= 4 is 0 Å². The third-order valence-electron chi connectivity index (χ3n) is 1.05. The second kappa shape index (κ2) is 9.88. The first-order valence-corrected chi connectivity index (χ1v) is 2.43. The van der Waals surface area contributed by atoms with E-state index in [0.717, 1.165) is 0 Å². The Bertz CT molecular complexity index is 37.3. The molecular formula is C8H20. The smallest absolute Gasteiger partial charge is 0.0267 e. The minimum atomic E-state index is 0. The minimum Gasteiger partial charge on any atom is -0.103 e. The Morgan fingerprint density at radius 2 is 1.88 bits per heavy atom. The van der Waals surface area contributed by atoms with E-state index in [1.807, 2.05) is 6.08 Å². The largest absolute Gasteiger partial charge is 0.103 e. The zero-order valence-electron chi connectivity index (χ0n) is 4.57. The second-order valence-electron chi connectivity index (χ2n) is 1.62. The van der Waals surface area contributed by atoms with Crippen LogP contribution in [-0.2, 0) is 0 Å². The van der Waals surface area contributed by atoms with Crippen LogP contribution in [0.1, 0.15) is 35.1 Å². The summed E-state index contributed by atoms with van der Waals surface area (Å²) in [5, 5.41) is 0. The first-order valence-electron chi connectivity index (χ1n) is 2.43. The highest BCUT2D eigenvalue weighted by Crippen LogP contribution is 1.98. The van der Waals surface area contributed by atoms with Gasteiger partial charge in [0, 0.05) is 0 Å². The maximum absolute atomic E-state index is 3.63. The third-order valence-corrected chi connectivity index (χ3v) is 1.05. The summed E-state index contributed by atoms with van der Waals surface area (Å²) in [4.78, 5) is 0. The Hall–Kier alpha value is -0.260. The molecule has 1 atom stereocenters. The van der Waals surface area contributed by atoms with Gasteiger partial charge in [0.2, 0.25) is 0 Å². The normalized spacial score (nSPS) is 10.2. The molecule has 0 radical (unpaired) electrons. The van der Waals surface area contributed by atoms with Gasteiger partial charge in [0.05, 0.1) is 0 Å². The van der Waals surface area contributed by atoms with Crippen molar-refractivity contribution in [2.24, 2.45) is 5.92 Å². The quantitative estimate of drug-likeness (QED) is 0.484. The molecule has 0 spiro atoms. The van der Waals surface area contributed by atoms with Gasteiger partial charge in [-0.2, -0.15) is 0 Å². The van der Waals surface area contributed by atoms with Crippen LogP contribution in [-0.4, -0.2) is 0 Å². The number of allylic oxidation sites excluding steroid dienone is 1. The molecule has 0 aliphatic rings. The molecule has 0 aromatic heterocycles. The van der Waals surface area contributed by atoms with E-state index in [4.69, 9.17) is 0 Å². The minimum absolute atomic E-state index is 0. The molecule has 0 aliphatic heterocycles. The topological polar surface area (TPSA) is 0 Å². The maximum atomic E-state index is 3.63. The highest BCUT2D eigenvalue weighted by atomic mass is 13.9. The van der Waals surface area contributed by atoms with Crippen molar-refractivity contribution in [3.8, 4) is 0 Å². The summed E-state index contributed by atoms with van der Waals surface area (Å²) < 4.78 is 0. The van der Waals surface area contributed by atoms with Crippen molar-refractivity contribution in [2.75, 3.05) is 0 Å². The van der Waals surface area contributed by atoms with E-state index in [1.54, 1.807) is 0 Å². The SMILES string of the molecule is C.C.C=CC(C)CC. The van der Waals surface area contributed by atoms with E-state index < -0.39 is 0 Å².